The number of benzene rings is 1. The van der Waals surface area contributed by atoms with Crippen molar-refractivity contribution in [3.8, 4) is 11.1 Å². The zero-order chi connectivity index (χ0) is 34.3. The number of aromatic carboxylic acids is 1. The second-order valence-electron chi connectivity index (χ2n) is 12.6. The van der Waals surface area contributed by atoms with Gasteiger partial charge in [-0.15, -0.1) is 0 Å². The van der Waals surface area contributed by atoms with Gasteiger partial charge in [-0.3, -0.25) is 4.40 Å². The first-order valence-electron chi connectivity index (χ1n) is 17.0. The normalized spacial score (nSPS) is 16.0. The Hall–Kier alpha value is -3.76. The molecule has 0 saturated carbocycles. The monoisotopic (exact) mass is 684 g/mol. The molecule has 6 rings (SSSR count). The molecule has 1 aliphatic carbocycles. The van der Waals surface area contributed by atoms with Gasteiger partial charge in [0.05, 0.1) is 18.1 Å². The minimum Gasteiger partial charge on any atom is -0.476 e. The number of aromatic nitrogens is 2. The second kappa shape index (κ2) is 16.1. The van der Waals surface area contributed by atoms with Gasteiger partial charge in [0.15, 0.2) is 11.3 Å². The van der Waals surface area contributed by atoms with Gasteiger partial charge in [-0.25, -0.2) is 9.78 Å². The molecule has 0 bridgehead atoms. The van der Waals surface area contributed by atoms with Crippen molar-refractivity contribution in [3.63, 3.8) is 0 Å². The summed E-state index contributed by atoms with van der Waals surface area (Å²) in [7, 11) is 0. The number of hydrogen-bond donors (Lipinski definition) is 2. The van der Waals surface area contributed by atoms with Crippen LogP contribution in [0.2, 0.25) is 5.15 Å². The van der Waals surface area contributed by atoms with E-state index in [4.69, 9.17) is 21.1 Å². The maximum atomic E-state index is 13.2. The first-order chi connectivity index (χ1) is 23.1. The van der Waals surface area contributed by atoms with Gasteiger partial charge in [-0.1, -0.05) is 94.7 Å². The lowest BCUT2D eigenvalue weighted by molar-refractivity contribution is -0.136. The molecule has 1 unspecified atom stereocenters. The molecule has 1 aliphatic heterocycles. The predicted molar refractivity (Wildman–Crippen MR) is 183 cm³/mol. The number of likely N-dealkylation sites (tertiary alicyclic amines) is 1. The molecule has 2 aliphatic rings. The molecule has 258 valence electrons. The third-order valence-electron chi connectivity index (χ3n) is 9.17. The average molecular weight is 685 g/mol. The molecule has 1 atom stereocenters. The predicted octanol–water partition coefficient (Wildman–Crippen LogP) is 9.91. The molecule has 1 fully saturated rings. The number of allylic oxidation sites excluding steroid dienone is 1. The summed E-state index contributed by atoms with van der Waals surface area (Å²) in [6, 6.07) is 12.0. The highest BCUT2D eigenvalue weighted by atomic mass is 35.5. The number of nitrogens with zero attached hydrogens (tertiary/aromatic N) is 3. The molecule has 0 amide bonds. The van der Waals surface area contributed by atoms with Crippen LogP contribution in [0.5, 0.6) is 0 Å². The maximum Gasteiger partial charge on any atom is 0.420 e. The van der Waals surface area contributed by atoms with Crippen molar-refractivity contribution in [2.45, 2.75) is 89.8 Å². The fourth-order valence-corrected chi connectivity index (χ4v) is 6.80. The lowest BCUT2D eigenvalue weighted by Crippen LogP contribution is -2.57. The summed E-state index contributed by atoms with van der Waals surface area (Å²) in [6.45, 7) is 8.18. The molecule has 1 aromatic carbocycles. The molecule has 0 radical (unpaired) electrons. The fraction of sp³-hybridized carbons (Fsp3) is 0.459. The number of alkyl halides is 3. The molecule has 4 aromatic rings. The fourth-order valence-electron chi connectivity index (χ4n) is 6.55. The number of carboxylic acids is 1. The number of pyridine rings is 1. The van der Waals surface area contributed by atoms with Crippen LogP contribution in [-0.4, -0.2) is 51.0 Å². The summed E-state index contributed by atoms with van der Waals surface area (Å²) in [5, 5.41) is 12.3. The highest BCUT2D eigenvalue weighted by Crippen LogP contribution is 2.41. The standard InChI is InChI=1S/C24H38N2.C13H6ClF3N2O3/c1-3-5-6-7-8-9-10-13-16-25-21-18-26(19-21)24-17-20-14-11-12-15-23(20)22(24)4-2;14-10-9(12(20)21)18-11-8(13(15,16)17)3-7(4-19(10)11)6-1-2-22-5-6/h11-12,14-15,17,21-22,25H,3-10,13,16,18-19H2,1-2H3;1-5H,(H,20,21). The Labute approximate surface area is 284 Å². The first kappa shape index (κ1) is 35.5. The third kappa shape index (κ3) is 8.26. The van der Waals surface area contributed by atoms with Crippen LogP contribution in [0.3, 0.4) is 0 Å². The molecule has 1 saturated heterocycles. The van der Waals surface area contributed by atoms with Gasteiger partial charge in [0, 0.05) is 48.1 Å². The SMILES string of the molecule is CCCCCCCCCCNC1CN(C2=Cc3ccccc3C2CC)C1.O=C(O)c1nc2c(C(F)(F)F)cc(-c3ccoc3)cn2c1Cl. The maximum absolute atomic E-state index is 13.2. The Morgan fingerprint density at radius 3 is 2.40 bits per heavy atom. The van der Waals surface area contributed by atoms with Crippen molar-refractivity contribution in [1.29, 1.82) is 0 Å². The minimum absolute atomic E-state index is 0.171. The zero-order valence-corrected chi connectivity index (χ0v) is 28.3. The number of carbonyl (C=O) groups is 1. The molecule has 4 heterocycles. The van der Waals surface area contributed by atoms with Gasteiger partial charge in [0.25, 0.3) is 0 Å². The molecular weight excluding hydrogens is 641 g/mol. The van der Waals surface area contributed by atoms with Crippen molar-refractivity contribution in [2.75, 3.05) is 19.6 Å². The zero-order valence-electron chi connectivity index (χ0n) is 27.5. The Balaban J connectivity index is 0.000000190. The van der Waals surface area contributed by atoms with Gasteiger partial charge in [0.2, 0.25) is 0 Å². The minimum atomic E-state index is -4.72. The molecule has 0 spiro atoms. The van der Waals surface area contributed by atoms with E-state index in [9.17, 15) is 18.0 Å². The summed E-state index contributed by atoms with van der Waals surface area (Å²) in [5.41, 5.74) is 2.79. The van der Waals surface area contributed by atoms with Crippen LogP contribution in [0.1, 0.15) is 105 Å². The van der Waals surface area contributed by atoms with Crippen LogP contribution in [0.4, 0.5) is 13.2 Å². The lowest BCUT2D eigenvalue weighted by atomic mass is 9.94. The molecule has 48 heavy (non-hydrogen) atoms. The highest BCUT2D eigenvalue weighted by Gasteiger charge is 2.36. The van der Waals surface area contributed by atoms with Gasteiger partial charge in [-0.05, 0) is 48.7 Å². The molecular formula is C37H44ClF3N4O3. The van der Waals surface area contributed by atoms with Crippen molar-refractivity contribution in [1.82, 2.24) is 19.6 Å². The average Bonchev–Trinajstić information content (AvgIpc) is 3.78. The number of fused-ring (bicyclic) bond motifs is 2. The summed E-state index contributed by atoms with van der Waals surface area (Å²) in [4.78, 5) is 17.1. The number of nitrogens with one attached hydrogen (secondary N) is 1. The van der Waals surface area contributed by atoms with E-state index in [0.717, 1.165) is 10.5 Å². The van der Waals surface area contributed by atoms with Crippen molar-refractivity contribution in [3.05, 3.63) is 88.4 Å². The van der Waals surface area contributed by atoms with Crippen LogP contribution in [0.15, 0.2) is 65.2 Å². The number of furan rings is 1. The Bertz CT molecular complexity index is 1690. The summed E-state index contributed by atoms with van der Waals surface area (Å²) < 4.78 is 45.4. The third-order valence-corrected chi connectivity index (χ3v) is 9.54. The lowest BCUT2D eigenvalue weighted by Gasteiger charge is -2.44. The smallest absolute Gasteiger partial charge is 0.420 e. The van der Waals surface area contributed by atoms with Gasteiger partial charge < -0.3 is 19.7 Å². The van der Waals surface area contributed by atoms with Crippen LogP contribution in [0.25, 0.3) is 22.9 Å². The number of carboxylic acid groups (broad SMARTS) is 1. The quantitative estimate of drug-likeness (QED) is 0.129. The van der Waals surface area contributed by atoms with E-state index in [1.165, 1.54) is 113 Å². The van der Waals surface area contributed by atoms with E-state index in [1.54, 1.807) is 5.70 Å². The van der Waals surface area contributed by atoms with Crippen molar-refractivity contribution in [2.24, 2.45) is 0 Å². The van der Waals surface area contributed by atoms with E-state index in [0.29, 0.717) is 17.5 Å². The van der Waals surface area contributed by atoms with Crippen LogP contribution < -0.4 is 5.32 Å². The molecule has 3 aromatic heterocycles. The number of rotatable bonds is 14. The van der Waals surface area contributed by atoms with Crippen LogP contribution >= 0.6 is 11.6 Å². The van der Waals surface area contributed by atoms with Gasteiger partial charge in [0.1, 0.15) is 5.15 Å². The number of hydrogen-bond acceptors (Lipinski definition) is 5. The van der Waals surface area contributed by atoms with Crippen molar-refractivity contribution < 1.29 is 27.5 Å². The van der Waals surface area contributed by atoms with E-state index in [2.05, 4.69) is 59.4 Å². The largest absolute Gasteiger partial charge is 0.476 e. The Morgan fingerprint density at radius 2 is 1.75 bits per heavy atom. The summed E-state index contributed by atoms with van der Waals surface area (Å²) >= 11 is 5.84. The second-order valence-corrected chi connectivity index (χ2v) is 13.0. The van der Waals surface area contributed by atoms with Crippen LogP contribution in [-0.2, 0) is 6.18 Å². The molecule has 7 nitrogen and oxygen atoms in total. The Kier molecular flexibility index (Phi) is 11.9. The first-order valence-corrected chi connectivity index (χ1v) is 17.3. The topological polar surface area (TPSA) is 83.0 Å². The van der Waals surface area contributed by atoms with E-state index in [-0.39, 0.29) is 5.56 Å². The number of imidazole rings is 1. The van der Waals surface area contributed by atoms with E-state index < -0.39 is 34.2 Å². The highest BCUT2D eigenvalue weighted by molar-refractivity contribution is 6.32. The molecule has 2 N–H and O–H groups in total. The molecule has 11 heteroatoms. The van der Waals surface area contributed by atoms with Gasteiger partial charge >= 0.3 is 12.1 Å². The van der Waals surface area contributed by atoms with Crippen molar-refractivity contribution >= 4 is 29.3 Å². The number of halogens is 4. The Morgan fingerprint density at radius 1 is 1.04 bits per heavy atom. The number of unbranched alkanes of at least 4 members (excludes halogenated alkanes) is 7. The van der Waals surface area contributed by atoms with E-state index >= 15 is 0 Å². The van der Waals surface area contributed by atoms with Gasteiger partial charge in [-0.2, -0.15) is 13.2 Å². The summed E-state index contributed by atoms with van der Waals surface area (Å²) in [6.07, 6.45) is 14.0. The van der Waals surface area contributed by atoms with E-state index in [1.807, 2.05) is 0 Å². The van der Waals surface area contributed by atoms with Crippen LogP contribution in [0, 0.1) is 0 Å². The summed E-state index contributed by atoms with van der Waals surface area (Å²) in [5.74, 6) is -0.897.